The Morgan fingerprint density at radius 1 is 1.00 bits per heavy atom. The highest BCUT2D eigenvalue weighted by atomic mass is 16.5. The summed E-state index contributed by atoms with van der Waals surface area (Å²) in [5.74, 6) is -0.286. The molecule has 122 valence electrons. The third kappa shape index (κ3) is 2.98. The Labute approximate surface area is 142 Å². The highest BCUT2D eigenvalue weighted by molar-refractivity contribution is 5.97. The fourth-order valence-electron chi connectivity index (χ4n) is 2.98. The molecule has 0 amide bonds. The van der Waals surface area contributed by atoms with Crippen molar-refractivity contribution in [2.24, 2.45) is 0 Å². The lowest BCUT2D eigenvalue weighted by Gasteiger charge is -2.14. The normalized spacial score (nSPS) is 10.6. The molecule has 2 aromatic carbocycles. The SMILES string of the molecule is CCOC(=O)c1cc(C)n(-c2cccc(C)c2)c1-c1ccccc1. The summed E-state index contributed by atoms with van der Waals surface area (Å²) < 4.78 is 7.39. The minimum atomic E-state index is -0.286. The largest absolute Gasteiger partial charge is 0.462 e. The summed E-state index contributed by atoms with van der Waals surface area (Å²) in [7, 11) is 0. The first-order chi connectivity index (χ1) is 11.6. The van der Waals surface area contributed by atoms with Gasteiger partial charge in [-0.25, -0.2) is 4.79 Å². The van der Waals surface area contributed by atoms with Crippen molar-refractivity contribution in [3.8, 4) is 16.9 Å². The van der Waals surface area contributed by atoms with Gasteiger partial charge >= 0.3 is 5.97 Å². The Balaban J connectivity index is 2.27. The molecule has 0 atom stereocenters. The molecular formula is C21H21NO2. The molecule has 0 saturated carbocycles. The number of hydrogen-bond acceptors (Lipinski definition) is 2. The summed E-state index contributed by atoms with van der Waals surface area (Å²) in [6.07, 6.45) is 0. The van der Waals surface area contributed by atoms with E-state index in [0.29, 0.717) is 12.2 Å². The zero-order valence-corrected chi connectivity index (χ0v) is 14.2. The number of carbonyl (C=O) groups is 1. The van der Waals surface area contributed by atoms with Crippen LogP contribution in [0.3, 0.4) is 0 Å². The lowest BCUT2D eigenvalue weighted by molar-refractivity contribution is 0.0527. The van der Waals surface area contributed by atoms with Crippen LogP contribution in [0.25, 0.3) is 16.9 Å². The summed E-state index contributed by atoms with van der Waals surface area (Å²) in [6.45, 7) is 6.26. The quantitative estimate of drug-likeness (QED) is 0.638. The number of hydrogen-bond donors (Lipinski definition) is 0. The fourth-order valence-corrected chi connectivity index (χ4v) is 2.98. The number of benzene rings is 2. The Hall–Kier alpha value is -2.81. The van der Waals surface area contributed by atoms with Crippen molar-refractivity contribution >= 4 is 5.97 Å². The third-order valence-electron chi connectivity index (χ3n) is 3.99. The molecule has 24 heavy (non-hydrogen) atoms. The van der Waals surface area contributed by atoms with Gasteiger partial charge in [-0.05, 0) is 50.1 Å². The van der Waals surface area contributed by atoms with Gasteiger partial charge in [0.25, 0.3) is 0 Å². The average molecular weight is 319 g/mol. The summed E-state index contributed by atoms with van der Waals surface area (Å²) >= 11 is 0. The Morgan fingerprint density at radius 2 is 1.75 bits per heavy atom. The van der Waals surface area contributed by atoms with Gasteiger partial charge in [-0.1, -0.05) is 42.5 Å². The van der Waals surface area contributed by atoms with E-state index in [9.17, 15) is 4.79 Å². The maximum Gasteiger partial charge on any atom is 0.340 e. The number of aryl methyl sites for hydroxylation is 2. The van der Waals surface area contributed by atoms with Gasteiger partial charge in [0.15, 0.2) is 0 Å². The molecule has 3 rings (SSSR count). The minimum absolute atomic E-state index is 0.286. The van der Waals surface area contributed by atoms with E-state index in [1.807, 2.05) is 56.3 Å². The molecule has 0 unspecified atom stereocenters. The van der Waals surface area contributed by atoms with Crippen molar-refractivity contribution in [3.63, 3.8) is 0 Å². The summed E-state index contributed by atoms with van der Waals surface area (Å²) in [4.78, 5) is 12.5. The molecule has 0 aliphatic heterocycles. The van der Waals surface area contributed by atoms with Crippen LogP contribution in [-0.2, 0) is 4.74 Å². The van der Waals surface area contributed by atoms with Crippen molar-refractivity contribution in [1.29, 1.82) is 0 Å². The van der Waals surface area contributed by atoms with Crippen LogP contribution >= 0.6 is 0 Å². The molecule has 0 bridgehead atoms. The lowest BCUT2D eigenvalue weighted by atomic mass is 10.1. The second-order valence-corrected chi connectivity index (χ2v) is 5.81. The van der Waals surface area contributed by atoms with Gasteiger partial charge in [0.2, 0.25) is 0 Å². The van der Waals surface area contributed by atoms with Crippen LogP contribution in [0.5, 0.6) is 0 Å². The molecule has 0 aliphatic carbocycles. The van der Waals surface area contributed by atoms with Gasteiger partial charge in [-0.15, -0.1) is 0 Å². The smallest absolute Gasteiger partial charge is 0.340 e. The first kappa shape index (κ1) is 16.1. The number of carbonyl (C=O) groups excluding carboxylic acids is 1. The van der Waals surface area contributed by atoms with E-state index in [0.717, 1.165) is 22.6 Å². The van der Waals surface area contributed by atoms with Crippen molar-refractivity contribution in [2.75, 3.05) is 6.61 Å². The van der Waals surface area contributed by atoms with Crippen molar-refractivity contribution in [3.05, 3.63) is 77.5 Å². The standard InChI is InChI=1S/C21H21NO2/c1-4-24-21(23)19-14-16(3)22(18-12-8-9-15(2)13-18)20(19)17-10-6-5-7-11-17/h5-14H,4H2,1-3H3. The maximum absolute atomic E-state index is 12.5. The molecule has 0 radical (unpaired) electrons. The molecule has 1 heterocycles. The molecule has 0 fully saturated rings. The molecule has 0 aliphatic rings. The van der Waals surface area contributed by atoms with Crippen LogP contribution in [0.2, 0.25) is 0 Å². The summed E-state index contributed by atoms with van der Waals surface area (Å²) in [6, 6.07) is 20.1. The van der Waals surface area contributed by atoms with Crippen LogP contribution in [0.1, 0.15) is 28.5 Å². The van der Waals surface area contributed by atoms with Crippen LogP contribution in [0.4, 0.5) is 0 Å². The number of nitrogens with zero attached hydrogens (tertiary/aromatic N) is 1. The van der Waals surface area contributed by atoms with Gasteiger partial charge in [0.1, 0.15) is 0 Å². The van der Waals surface area contributed by atoms with Gasteiger partial charge in [0.05, 0.1) is 17.9 Å². The van der Waals surface area contributed by atoms with Crippen LogP contribution in [0, 0.1) is 13.8 Å². The maximum atomic E-state index is 12.5. The topological polar surface area (TPSA) is 31.2 Å². The highest BCUT2D eigenvalue weighted by Crippen LogP contribution is 2.31. The minimum Gasteiger partial charge on any atom is -0.462 e. The lowest BCUT2D eigenvalue weighted by Crippen LogP contribution is -2.07. The van der Waals surface area contributed by atoms with Gasteiger partial charge in [0, 0.05) is 11.4 Å². The summed E-state index contributed by atoms with van der Waals surface area (Å²) in [5.41, 5.74) is 5.69. The van der Waals surface area contributed by atoms with Gasteiger partial charge in [-0.2, -0.15) is 0 Å². The van der Waals surface area contributed by atoms with Crippen LogP contribution in [0.15, 0.2) is 60.7 Å². The first-order valence-electron chi connectivity index (χ1n) is 8.13. The van der Waals surface area contributed by atoms with Gasteiger partial charge < -0.3 is 9.30 Å². The third-order valence-corrected chi connectivity index (χ3v) is 3.99. The monoisotopic (exact) mass is 319 g/mol. The molecule has 0 saturated heterocycles. The van der Waals surface area contributed by atoms with E-state index >= 15 is 0 Å². The summed E-state index contributed by atoms with van der Waals surface area (Å²) in [5, 5.41) is 0. The number of ether oxygens (including phenoxy) is 1. The molecule has 3 heteroatoms. The van der Waals surface area contributed by atoms with E-state index < -0.39 is 0 Å². The molecule has 1 aromatic heterocycles. The van der Waals surface area contributed by atoms with E-state index in [2.05, 4.69) is 29.7 Å². The van der Waals surface area contributed by atoms with Crippen molar-refractivity contribution in [1.82, 2.24) is 4.57 Å². The molecule has 3 nitrogen and oxygen atoms in total. The van der Waals surface area contributed by atoms with Gasteiger partial charge in [-0.3, -0.25) is 0 Å². The zero-order chi connectivity index (χ0) is 17.1. The number of rotatable bonds is 4. The molecular weight excluding hydrogens is 298 g/mol. The molecule has 3 aromatic rings. The first-order valence-corrected chi connectivity index (χ1v) is 8.13. The van der Waals surface area contributed by atoms with E-state index in [-0.39, 0.29) is 5.97 Å². The Bertz CT molecular complexity index is 863. The fraction of sp³-hybridized carbons (Fsp3) is 0.190. The van der Waals surface area contributed by atoms with Crippen molar-refractivity contribution in [2.45, 2.75) is 20.8 Å². The van der Waals surface area contributed by atoms with E-state index in [1.54, 1.807) is 0 Å². The molecule has 0 spiro atoms. The predicted octanol–water partition coefficient (Wildman–Crippen LogP) is 4.94. The highest BCUT2D eigenvalue weighted by Gasteiger charge is 2.21. The number of aromatic nitrogens is 1. The Kier molecular flexibility index (Phi) is 4.52. The van der Waals surface area contributed by atoms with Crippen LogP contribution in [-0.4, -0.2) is 17.1 Å². The zero-order valence-electron chi connectivity index (χ0n) is 14.2. The van der Waals surface area contributed by atoms with E-state index in [1.165, 1.54) is 5.56 Å². The average Bonchev–Trinajstić information content (AvgIpc) is 2.93. The predicted molar refractivity (Wildman–Crippen MR) is 96.6 cm³/mol. The molecule has 0 N–H and O–H groups in total. The van der Waals surface area contributed by atoms with E-state index in [4.69, 9.17) is 4.74 Å². The Morgan fingerprint density at radius 3 is 2.42 bits per heavy atom. The second kappa shape index (κ2) is 6.75. The number of esters is 1. The van der Waals surface area contributed by atoms with Crippen molar-refractivity contribution < 1.29 is 9.53 Å². The van der Waals surface area contributed by atoms with Crippen LogP contribution < -0.4 is 0 Å². The second-order valence-electron chi connectivity index (χ2n) is 5.81.